The van der Waals surface area contributed by atoms with Crippen molar-refractivity contribution in [1.82, 2.24) is 9.55 Å². The number of aromatic nitrogens is 2. The van der Waals surface area contributed by atoms with Crippen LogP contribution in [0.25, 0.3) is 10.2 Å². The lowest BCUT2D eigenvalue weighted by Crippen LogP contribution is -2.25. The number of ketones is 1. The standard InChI is InChI=1S/C21H22N2O4S/c1-6-27-21(26)18-14(5)17-19(28-18)22-10-23(20(17)25)9-16(24)15-8-12(3)11(2)7-13(15)4/h7-8,10H,6,9H2,1-5H3. The van der Waals surface area contributed by atoms with Gasteiger partial charge in [0.05, 0.1) is 24.9 Å². The molecule has 0 fully saturated rings. The molecule has 2 heterocycles. The van der Waals surface area contributed by atoms with Gasteiger partial charge in [-0.25, -0.2) is 9.78 Å². The zero-order chi connectivity index (χ0) is 20.6. The molecule has 0 bridgehead atoms. The van der Waals surface area contributed by atoms with E-state index in [9.17, 15) is 14.4 Å². The molecule has 0 saturated heterocycles. The number of hydrogen-bond donors (Lipinski definition) is 0. The number of thiophene rings is 1. The Morgan fingerprint density at radius 2 is 1.79 bits per heavy atom. The highest BCUT2D eigenvalue weighted by Gasteiger charge is 2.21. The molecule has 0 spiro atoms. The average Bonchev–Trinajstić information content (AvgIpc) is 2.98. The van der Waals surface area contributed by atoms with Crippen LogP contribution in [0, 0.1) is 27.7 Å². The molecule has 0 aliphatic heterocycles. The van der Waals surface area contributed by atoms with E-state index in [0.29, 0.717) is 26.2 Å². The lowest BCUT2D eigenvalue weighted by molar-refractivity contribution is 0.0531. The van der Waals surface area contributed by atoms with Gasteiger partial charge in [-0.2, -0.15) is 0 Å². The SMILES string of the molecule is CCOC(=O)c1sc2ncn(CC(=O)c3cc(C)c(C)cc3C)c(=O)c2c1C. The minimum Gasteiger partial charge on any atom is -0.462 e. The Morgan fingerprint density at radius 3 is 2.46 bits per heavy atom. The molecule has 146 valence electrons. The minimum absolute atomic E-state index is 0.102. The highest BCUT2D eigenvalue weighted by atomic mass is 32.1. The van der Waals surface area contributed by atoms with Crippen LogP contribution in [-0.4, -0.2) is 27.9 Å². The van der Waals surface area contributed by atoms with Crippen molar-refractivity contribution in [2.45, 2.75) is 41.2 Å². The van der Waals surface area contributed by atoms with Crippen molar-refractivity contribution in [1.29, 1.82) is 0 Å². The molecule has 3 aromatic rings. The van der Waals surface area contributed by atoms with Gasteiger partial charge < -0.3 is 4.74 Å². The van der Waals surface area contributed by atoms with Gasteiger partial charge in [0.25, 0.3) is 5.56 Å². The van der Waals surface area contributed by atoms with Crippen LogP contribution in [0.5, 0.6) is 0 Å². The van der Waals surface area contributed by atoms with Gasteiger partial charge >= 0.3 is 5.97 Å². The molecule has 0 atom stereocenters. The summed E-state index contributed by atoms with van der Waals surface area (Å²) in [6.07, 6.45) is 1.36. The lowest BCUT2D eigenvalue weighted by Gasteiger charge is -2.10. The number of ether oxygens (including phenoxy) is 1. The van der Waals surface area contributed by atoms with Gasteiger partial charge in [0, 0.05) is 5.56 Å². The van der Waals surface area contributed by atoms with E-state index in [4.69, 9.17) is 4.74 Å². The first-order chi connectivity index (χ1) is 13.2. The van der Waals surface area contributed by atoms with Gasteiger partial charge in [-0.3, -0.25) is 14.2 Å². The monoisotopic (exact) mass is 398 g/mol. The molecule has 0 unspecified atom stereocenters. The molecule has 7 heteroatoms. The lowest BCUT2D eigenvalue weighted by atomic mass is 9.98. The van der Waals surface area contributed by atoms with Crippen LogP contribution in [0.3, 0.4) is 0 Å². The second-order valence-electron chi connectivity index (χ2n) is 6.81. The van der Waals surface area contributed by atoms with Gasteiger partial charge in [-0.1, -0.05) is 6.07 Å². The van der Waals surface area contributed by atoms with E-state index >= 15 is 0 Å². The number of carbonyl (C=O) groups is 2. The van der Waals surface area contributed by atoms with Crippen LogP contribution in [0.15, 0.2) is 23.3 Å². The van der Waals surface area contributed by atoms with Gasteiger partial charge in [-0.15, -0.1) is 11.3 Å². The third-order valence-corrected chi connectivity index (χ3v) is 6.01. The zero-order valence-corrected chi connectivity index (χ0v) is 17.4. The first-order valence-electron chi connectivity index (χ1n) is 9.01. The fourth-order valence-electron chi connectivity index (χ4n) is 3.16. The van der Waals surface area contributed by atoms with Crippen molar-refractivity contribution in [2.24, 2.45) is 0 Å². The smallest absolute Gasteiger partial charge is 0.348 e. The number of carbonyl (C=O) groups excluding carboxylic acids is 2. The van der Waals surface area contributed by atoms with Crippen molar-refractivity contribution in [3.63, 3.8) is 0 Å². The summed E-state index contributed by atoms with van der Waals surface area (Å²) in [5, 5.41) is 0.361. The number of nitrogens with zero attached hydrogens (tertiary/aromatic N) is 2. The van der Waals surface area contributed by atoms with Crippen LogP contribution in [0.1, 0.15) is 49.2 Å². The molecule has 0 amide bonds. The Kier molecular flexibility index (Phi) is 5.47. The van der Waals surface area contributed by atoms with E-state index in [1.54, 1.807) is 13.8 Å². The molecule has 0 aliphatic rings. The maximum atomic E-state index is 12.9. The first kappa shape index (κ1) is 19.9. The minimum atomic E-state index is -0.462. The normalized spacial score (nSPS) is 11.0. The molecule has 2 aromatic heterocycles. The van der Waals surface area contributed by atoms with Crippen molar-refractivity contribution in [3.05, 3.63) is 61.5 Å². The predicted molar refractivity (Wildman–Crippen MR) is 110 cm³/mol. The van der Waals surface area contributed by atoms with Crippen LogP contribution in [-0.2, 0) is 11.3 Å². The maximum Gasteiger partial charge on any atom is 0.348 e. The Labute approximate surface area is 166 Å². The summed E-state index contributed by atoms with van der Waals surface area (Å²) < 4.78 is 6.35. The summed E-state index contributed by atoms with van der Waals surface area (Å²) in [4.78, 5) is 43.0. The van der Waals surface area contributed by atoms with E-state index in [0.717, 1.165) is 28.0 Å². The van der Waals surface area contributed by atoms with Gasteiger partial charge in [-0.05, 0) is 62.9 Å². The molecular formula is C21H22N2O4S. The number of hydrogen-bond acceptors (Lipinski definition) is 6. The summed E-state index contributed by atoms with van der Waals surface area (Å²) in [5.74, 6) is -0.613. The third-order valence-electron chi connectivity index (χ3n) is 4.83. The van der Waals surface area contributed by atoms with E-state index in [1.807, 2.05) is 32.9 Å². The number of Topliss-reactive ketones (excluding diaryl/α,β-unsaturated/α-hetero) is 1. The number of fused-ring (bicyclic) bond motifs is 1. The van der Waals surface area contributed by atoms with Crippen molar-refractivity contribution in [2.75, 3.05) is 6.61 Å². The summed E-state index contributed by atoms with van der Waals surface area (Å²) in [7, 11) is 0. The van der Waals surface area contributed by atoms with Gasteiger partial charge in [0.15, 0.2) is 5.78 Å². The topological polar surface area (TPSA) is 78.3 Å². The molecule has 0 N–H and O–H groups in total. The number of esters is 1. The molecule has 0 saturated carbocycles. The molecule has 1 aromatic carbocycles. The summed E-state index contributed by atoms with van der Waals surface area (Å²) >= 11 is 1.13. The molecule has 6 nitrogen and oxygen atoms in total. The highest BCUT2D eigenvalue weighted by Crippen LogP contribution is 2.27. The maximum absolute atomic E-state index is 12.9. The summed E-state index contributed by atoms with van der Waals surface area (Å²) in [6, 6.07) is 3.83. The average molecular weight is 398 g/mol. The number of rotatable bonds is 5. The Bertz CT molecular complexity index is 1160. The fourth-order valence-corrected chi connectivity index (χ4v) is 4.20. The third kappa shape index (κ3) is 3.49. The van der Waals surface area contributed by atoms with Crippen LogP contribution >= 0.6 is 11.3 Å². The highest BCUT2D eigenvalue weighted by molar-refractivity contribution is 7.20. The molecule has 3 rings (SSSR count). The fraction of sp³-hybridized carbons (Fsp3) is 0.333. The second-order valence-corrected chi connectivity index (χ2v) is 7.81. The van der Waals surface area contributed by atoms with E-state index < -0.39 is 5.97 Å². The Morgan fingerprint density at radius 1 is 1.11 bits per heavy atom. The molecule has 0 radical (unpaired) electrons. The predicted octanol–water partition coefficient (Wildman–Crippen LogP) is 3.75. The first-order valence-corrected chi connectivity index (χ1v) is 9.83. The summed E-state index contributed by atoms with van der Waals surface area (Å²) in [5.41, 5.74) is 3.84. The largest absolute Gasteiger partial charge is 0.462 e. The molecular weight excluding hydrogens is 376 g/mol. The van der Waals surface area contributed by atoms with Gasteiger partial charge in [0.2, 0.25) is 0 Å². The van der Waals surface area contributed by atoms with Crippen molar-refractivity contribution >= 4 is 33.3 Å². The summed E-state index contributed by atoms with van der Waals surface area (Å²) in [6.45, 7) is 9.43. The quantitative estimate of drug-likeness (QED) is 0.483. The second kappa shape index (κ2) is 7.67. The van der Waals surface area contributed by atoms with Crippen molar-refractivity contribution < 1.29 is 14.3 Å². The van der Waals surface area contributed by atoms with Crippen molar-refractivity contribution in [3.8, 4) is 0 Å². The Balaban J connectivity index is 2.01. The van der Waals surface area contributed by atoms with Crippen LogP contribution in [0.2, 0.25) is 0 Å². The Hall–Kier alpha value is -2.80. The molecule has 0 aliphatic carbocycles. The zero-order valence-electron chi connectivity index (χ0n) is 16.6. The van der Waals surface area contributed by atoms with Crippen LogP contribution in [0.4, 0.5) is 0 Å². The number of benzene rings is 1. The van der Waals surface area contributed by atoms with Gasteiger partial charge in [0.1, 0.15) is 9.71 Å². The van der Waals surface area contributed by atoms with E-state index in [1.165, 1.54) is 10.9 Å². The van der Waals surface area contributed by atoms with Crippen LogP contribution < -0.4 is 5.56 Å². The molecule has 28 heavy (non-hydrogen) atoms. The number of aryl methyl sites for hydroxylation is 4. The van der Waals surface area contributed by atoms with E-state index in [-0.39, 0.29) is 24.5 Å². The van der Waals surface area contributed by atoms with E-state index in [2.05, 4.69) is 4.98 Å².